The van der Waals surface area contributed by atoms with E-state index >= 15 is 0 Å². The summed E-state index contributed by atoms with van der Waals surface area (Å²) in [5.41, 5.74) is 5.42. The van der Waals surface area contributed by atoms with Gasteiger partial charge in [0.1, 0.15) is 0 Å². The van der Waals surface area contributed by atoms with Gasteiger partial charge >= 0.3 is 0 Å². The maximum absolute atomic E-state index is 6.17. The molecule has 0 bridgehead atoms. The first-order valence-electron chi connectivity index (χ1n) is 6.97. The number of nitrogens with one attached hydrogen (secondary N) is 1. The van der Waals surface area contributed by atoms with Crippen molar-refractivity contribution in [3.63, 3.8) is 0 Å². The van der Waals surface area contributed by atoms with E-state index in [2.05, 4.69) is 54.5 Å². The minimum Gasteiger partial charge on any atom is -0.368 e. The molecule has 0 radical (unpaired) electrons. The summed E-state index contributed by atoms with van der Waals surface area (Å²) < 4.78 is 0. The molecule has 0 aliphatic carbocycles. The number of aromatic nitrogens is 1. The lowest BCUT2D eigenvalue weighted by Crippen LogP contribution is -2.35. The van der Waals surface area contributed by atoms with E-state index in [-0.39, 0.29) is 5.54 Å². The molecule has 2 aromatic rings. The molecule has 0 spiro atoms. The Morgan fingerprint density at radius 3 is 2.71 bits per heavy atom. The molecule has 1 aromatic heterocycles. The quantitative estimate of drug-likeness (QED) is 0.888. The predicted octanol–water partition coefficient (Wildman–Crippen LogP) is 4.32. The average Bonchev–Trinajstić information content (AvgIpc) is 2.89. The Morgan fingerprint density at radius 1 is 1.33 bits per heavy atom. The molecule has 0 saturated heterocycles. The second-order valence-corrected chi connectivity index (χ2v) is 7.37. The SMILES string of the molecule is CN(Cc1cscn1)c1cc(Cl)ccc1CNC(C)(C)C. The summed E-state index contributed by atoms with van der Waals surface area (Å²) in [5.74, 6) is 0. The summed E-state index contributed by atoms with van der Waals surface area (Å²) in [7, 11) is 2.07. The van der Waals surface area contributed by atoms with E-state index in [0.717, 1.165) is 29.5 Å². The third kappa shape index (κ3) is 4.99. The van der Waals surface area contributed by atoms with Gasteiger partial charge in [0.05, 0.1) is 17.7 Å². The standard InChI is InChI=1S/C16H22ClN3S/c1-16(2,3)19-8-12-5-6-13(17)7-15(12)20(4)9-14-10-21-11-18-14/h5-7,10-11,19H,8-9H2,1-4H3. The summed E-state index contributed by atoms with van der Waals surface area (Å²) in [6, 6.07) is 6.06. The van der Waals surface area contributed by atoms with Crippen LogP contribution in [0.25, 0.3) is 0 Å². The number of rotatable bonds is 5. The zero-order valence-corrected chi connectivity index (χ0v) is 14.6. The second-order valence-electron chi connectivity index (χ2n) is 6.21. The van der Waals surface area contributed by atoms with Crippen LogP contribution in [0.4, 0.5) is 5.69 Å². The van der Waals surface area contributed by atoms with Gasteiger partial charge in [0.25, 0.3) is 0 Å². The molecular formula is C16H22ClN3S. The molecule has 0 atom stereocenters. The number of hydrogen-bond acceptors (Lipinski definition) is 4. The summed E-state index contributed by atoms with van der Waals surface area (Å²) in [6.07, 6.45) is 0. The van der Waals surface area contributed by atoms with Crippen molar-refractivity contribution in [1.82, 2.24) is 10.3 Å². The van der Waals surface area contributed by atoms with Crippen molar-refractivity contribution in [2.24, 2.45) is 0 Å². The van der Waals surface area contributed by atoms with Crippen molar-refractivity contribution in [2.45, 2.75) is 39.4 Å². The van der Waals surface area contributed by atoms with Crippen molar-refractivity contribution in [2.75, 3.05) is 11.9 Å². The van der Waals surface area contributed by atoms with Gasteiger partial charge in [-0.05, 0) is 38.5 Å². The molecular weight excluding hydrogens is 302 g/mol. The highest BCUT2D eigenvalue weighted by Crippen LogP contribution is 2.26. The van der Waals surface area contributed by atoms with Crippen LogP contribution in [0.15, 0.2) is 29.1 Å². The van der Waals surface area contributed by atoms with E-state index in [4.69, 9.17) is 11.6 Å². The van der Waals surface area contributed by atoms with E-state index in [1.807, 2.05) is 17.6 Å². The Kier molecular flexibility index (Phi) is 5.25. The van der Waals surface area contributed by atoms with Gasteiger partial charge in [0.2, 0.25) is 0 Å². The van der Waals surface area contributed by atoms with Gasteiger partial charge in [0, 0.05) is 35.2 Å². The lowest BCUT2D eigenvalue weighted by Gasteiger charge is -2.25. The zero-order chi connectivity index (χ0) is 15.5. The molecule has 0 saturated carbocycles. The molecule has 1 aromatic carbocycles. The molecule has 0 aliphatic heterocycles. The minimum atomic E-state index is 0.0877. The smallest absolute Gasteiger partial charge is 0.0795 e. The topological polar surface area (TPSA) is 28.2 Å². The van der Waals surface area contributed by atoms with Gasteiger partial charge in [-0.3, -0.25) is 0 Å². The van der Waals surface area contributed by atoms with Gasteiger partial charge in [-0.1, -0.05) is 17.7 Å². The lowest BCUT2D eigenvalue weighted by molar-refractivity contribution is 0.424. The fourth-order valence-corrected chi connectivity index (χ4v) is 2.76. The van der Waals surface area contributed by atoms with E-state index in [9.17, 15) is 0 Å². The van der Waals surface area contributed by atoms with Crippen LogP contribution in [0.5, 0.6) is 0 Å². The number of halogens is 1. The zero-order valence-electron chi connectivity index (χ0n) is 13.0. The van der Waals surface area contributed by atoms with Crippen molar-refractivity contribution >= 4 is 28.6 Å². The monoisotopic (exact) mass is 323 g/mol. The van der Waals surface area contributed by atoms with E-state index < -0.39 is 0 Å². The molecule has 0 fully saturated rings. The van der Waals surface area contributed by atoms with Crippen molar-refractivity contribution in [3.05, 3.63) is 45.4 Å². The van der Waals surface area contributed by atoms with Crippen LogP contribution in [0, 0.1) is 0 Å². The van der Waals surface area contributed by atoms with Crippen LogP contribution in [-0.2, 0) is 13.1 Å². The van der Waals surface area contributed by atoms with Gasteiger partial charge in [-0.2, -0.15) is 0 Å². The third-order valence-electron chi connectivity index (χ3n) is 3.15. The average molecular weight is 324 g/mol. The van der Waals surface area contributed by atoms with Gasteiger partial charge in [-0.25, -0.2) is 4.98 Å². The predicted molar refractivity (Wildman–Crippen MR) is 92.3 cm³/mol. The first-order chi connectivity index (χ1) is 9.85. The first-order valence-corrected chi connectivity index (χ1v) is 8.29. The van der Waals surface area contributed by atoms with Crippen LogP contribution >= 0.6 is 22.9 Å². The van der Waals surface area contributed by atoms with Crippen LogP contribution in [0.2, 0.25) is 5.02 Å². The van der Waals surface area contributed by atoms with Crippen LogP contribution in [0.3, 0.4) is 0 Å². The highest BCUT2D eigenvalue weighted by Gasteiger charge is 2.13. The number of thiazole rings is 1. The molecule has 0 amide bonds. The Hall–Kier alpha value is -1.10. The third-order valence-corrected chi connectivity index (χ3v) is 4.02. The maximum atomic E-state index is 6.17. The number of benzene rings is 1. The fourth-order valence-electron chi connectivity index (χ4n) is 2.05. The minimum absolute atomic E-state index is 0.0877. The van der Waals surface area contributed by atoms with Crippen molar-refractivity contribution in [1.29, 1.82) is 0 Å². The van der Waals surface area contributed by atoms with Crippen molar-refractivity contribution in [3.8, 4) is 0 Å². The second kappa shape index (κ2) is 6.77. The molecule has 2 rings (SSSR count). The number of nitrogens with zero attached hydrogens (tertiary/aromatic N) is 2. The summed E-state index contributed by atoms with van der Waals surface area (Å²) >= 11 is 7.79. The molecule has 0 aliphatic rings. The molecule has 5 heteroatoms. The molecule has 1 heterocycles. The maximum Gasteiger partial charge on any atom is 0.0795 e. The van der Waals surface area contributed by atoms with Crippen LogP contribution in [-0.4, -0.2) is 17.6 Å². The Balaban J connectivity index is 2.18. The summed E-state index contributed by atoms with van der Waals surface area (Å²) in [4.78, 5) is 6.54. The fraction of sp³-hybridized carbons (Fsp3) is 0.438. The van der Waals surface area contributed by atoms with E-state index in [0.29, 0.717) is 0 Å². The Morgan fingerprint density at radius 2 is 2.10 bits per heavy atom. The van der Waals surface area contributed by atoms with E-state index in [1.54, 1.807) is 11.3 Å². The van der Waals surface area contributed by atoms with Gasteiger partial charge in [0.15, 0.2) is 0 Å². The molecule has 3 nitrogen and oxygen atoms in total. The molecule has 1 N–H and O–H groups in total. The van der Waals surface area contributed by atoms with Gasteiger partial charge < -0.3 is 10.2 Å². The normalized spacial score (nSPS) is 11.7. The number of hydrogen-bond donors (Lipinski definition) is 1. The molecule has 0 unspecified atom stereocenters. The Bertz CT molecular complexity index is 576. The number of anilines is 1. The lowest BCUT2D eigenvalue weighted by atomic mass is 10.1. The molecule has 21 heavy (non-hydrogen) atoms. The van der Waals surface area contributed by atoms with Crippen LogP contribution in [0.1, 0.15) is 32.0 Å². The highest BCUT2D eigenvalue weighted by molar-refractivity contribution is 7.07. The largest absolute Gasteiger partial charge is 0.368 e. The van der Waals surface area contributed by atoms with Crippen molar-refractivity contribution < 1.29 is 0 Å². The summed E-state index contributed by atoms with van der Waals surface area (Å²) in [5, 5.41) is 6.36. The summed E-state index contributed by atoms with van der Waals surface area (Å²) in [6.45, 7) is 8.11. The first kappa shape index (κ1) is 16.3. The van der Waals surface area contributed by atoms with E-state index in [1.165, 1.54) is 5.56 Å². The Labute approximate surface area is 136 Å². The van der Waals surface area contributed by atoms with Gasteiger partial charge in [-0.15, -0.1) is 11.3 Å². The highest BCUT2D eigenvalue weighted by atomic mass is 35.5. The molecule has 114 valence electrons. The van der Waals surface area contributed by atoms with Crippen LogP contribution < -0.4 is 10.2 Å².